The van der Waals surface area contributed by atoms with Crippen molar-refractivity contribution in [3.63, 3.8) is 0 Å². The van der Waals surface area contributed by atoms with E-state index in [1.807, 2.05) is 30.7 Å². The minimum atomic E-state index is -3.14. The molecule has 0 bridgehead atoms. The quantitative estimate of drug-likeness (QED) is 0.766. The van der Waals surface area contributed by atoms with Gasteiger partial charge in [-0.05, 0) is 13.3 Å². The van der Waals surface area contributed by atoms with E-state index in [9.17, 15) is 8.42 Å². The first-order valence-electron chi connectivity index (χ1n) is 8.56. The monoisotopic (exact) mass is 364 g/mol. The van der Waals surface area contributed by atoms with Crippen molar-refractivity contribution < 1.29 is 8.42 Å². The van der Waals surface area contributed by atoms with Gasteiger partial charge in [-0.2, -0.15) is 4.31 Å². The molecule has 3 heterocycles. The van der Waals surface area contributed by atoms with E-state index < -0.39 is 10.0 Å². The highest BCUT2D eigenvalue weighted by Gasteiger charge is 2.27. The number of unbranched alkanes of at least 4 members (excludes halogenated alkanes) is 1. The molecule has 25 heavy (non-hydrogen) atoms. The van der Waals surface area contributed by atoms with Crippen LogP contribution in [0.4, 0.5) is 5.82 Å². The lowest BCUT2D eigenvalue weighted by Crippen LogP contribution is -2.49. The van der Waals surface area contributed by atoms with Crippen LogP contribution in [-0.2, 0) is 10.0 Å². The summed E-state index contributed by atoms with van der Waals surface area (Å²) in [6.45, 7) is 6.11. The Hall–Kier alpha value is -2.00. The molecule has 0 unspecified atom stereocenters. The second kappa shape index (κ2) is 7.49. The Balaban J connectivity index is 1.71. The minimum absolute atomic E-state index is 0.237. The molecule has 1 aliphatic heterocycles. The van der Waals surface area contributed by atoms with Gasteiger partial charge in [0.15, 0.2) is 0 Å². The lowest BCUT2D eigenvalue weighted by atomic mass is 10.3. The highest BCUT2D eigenvalue weighted by Crippen LogP contribution is 2.19. The van der Waals surface area contributed by atoms with Crippen LogP contribution >= 0.6 is 0 Å². The summed E-state index contributed by atoms with van der Waals surface area (Å²) in [5.74, 6) is 2.50. The zero-order chi connectivity index (χ0) is 17.9. The molecular formula is C16H24N6O2S. The van der Waals surface area contributed by atoms with Gasteiger partial charge >= 0.3 is 0 Å². The fourth-order valence-corrected chi connectivity index (χ4v) is 4.51. The van der Waals surface area contributed by atoms with Crippen molar-refractivity contribution >= 4 is 15.8 Å². The number of sulfonamides is 1. The van der Waals surface area contributed by atoms with Crippen LogP contribution in [0.3, 0.4) is 0 Å². The van der Waals surface area contributed by atoms with Gasteiger partial charge in [0.1, 0.15) is 23.8 Å². The number of hydrogen-bond acceptors (Lipinski definition) is 6. The van der Waals surface area contributed by atoms with E-state index in [1.54, 1.807) is 16.8 Å². The first kappa shape index (κ1) is 17.8. The van der Waals surface area contributed by atoms with Crippen molar-refractivity contribution in [2.24, 2.45) is 0 Å². The maximum Gasteiger partial charge on any atom is 0.214 e. The van der Waals surface area contributed by atoms with E-state index >= 15 is 0 Å². The smallest absolute Gasteiger partial charge is 0.214 e. The molecule has 0 radical (unpaired) electrons. The van der Waals surface area contributed by atoms with Gasteiger partial charge in [0.05, 0.1) is 5.75 Å². The molecule has 2 aromatic heterocycles. The number of piperazine rings is 1. The lowest BCUT2D eigenvalue weighted by Gasteiger charge is -2.34. The van der Waals surface area contributed by atoms with Crippen molar-refractivity contribution in [2.45, 2.75) is 26.7 Å². The molecule has 0 aliphatic carbocycles. The normalized spacial score (nSPS) is 16.3. The Morgan fingerprint density at radius 1 is 1.12 bits per heavy atom. The first-order chi connectivity index (χ1) is 12.0. The maximum atomic E-state index is 12.3. The average molecular weight is 364 g/mol. The summed E-state index contributed by atoms with van der Waals surface area (Å²) in [5.41, 5.74) is 0. The second-order valence-corrected chi connectivity index (χ2v) is 8.25. The van der Waals surface area contributed by atoms with Gasteiger partial charge in [-0.25, -0.2) is 23.4 Å². The summed E-state index contributed by atoms with van der Waals surface area (Å²) in [7, 11) is -3.14. The molecule has 0 atom stereocenters. The molecule has 9 heteroatoms. The Labute approximate surface area is 148 Å². The predicted molar refractivity (Wildman–Crippen MR) is 96.4 cm³/mol. The Morgan fingerprint density at radius 2 is 1.84 bits per heavy atom. The Bertz CT molecular complexity index is 798. The van der Waals surface area contributed by atoms with Crippen molar-refractivity contribution in [3.05, 3.63) is 30.6 Å². The van der Waals surface area contributed by atoms with Crippen molar-refractivity contribution in [2.75, 3.05) is 36.8 Å². The van der Waals surface area contributed by atoms with Crippen molar-refractivity contribution in [3.8, 4) is 5.82 Å². The minimum Gasteiger partial charge on any atom is -0.354 e. The largest absolute Gasteiger partial charge is 0.354 e. The molecule has 1 fully saturated rings. The summed E-state index contributed by atoms with van der Waals surface area (Å²) in [6, 6.07) is 1.91. The molecule has 1 aliphatic rings. The van der Waals surface area contributed by atoms with Crippen LogP contribution in [0, 0.1) is 6.92 Å². The fourth-order valence-electron chi connectivity index (χ4n) is 2.88. The average Bonchev–Trinajstić information content (AvgIpc) is 3.14. The molecule has 0 N–H and O–H groups in total. The van der Waals surface area contributed by atoms with Gasteiger partial charge in [0, 0.05) is 44.6 Å². The topological polar surface area (TPSA) is 84.2 Å². The lowest BCUT2D eigenvalue weighted by molar-refractivity contribution is 0.383. The van der Waals surface area contributed by atoms with Gasteiger partial charge in [-0.3, -0.25) is 4.57 Å². The summed E-state index contributed by atoms with van der Waals surface area (Å²) >= 11 is 0. The zero-order valence-electron chi connectivity index (χ0n) is 14.7. The van der Waals surface area contributed by atoms with E-state index in [1.165, 1.54) is 0 Å². The third-order valence-corrected chi connectivity index (χ3v) is 6.25. The van der Waals surface area contributed by atoms with E-state index in [-0.39, 0.29) is 5.75 Å². The molecule has 0 saturated carbocycles. The third kappa shape index (κ3) is 4.16. The number of aryl methyl sites for hydroxylation is 1. The van der Waals surface area contributed by atoms with Gasteiger partial charge in [0.25, 0.3) is 0 Å². The molecule has 0 aromatic carbocycles. The number of rotatable bonds is 6. The fraction of sp³-hybridized carbons (Fsp3) is 0.562. The summed E-state index contributed by atoms with van der Waals surface area (Å²) in [6.07, 6.45) is 6.84. The van der Waals surface area contributed by atoms with Crippen LogP contribution in [0.5, 0.6) is 0 Å². The molecule has 0 amide bonds. The molecular weight excluding hydrogens is 340 g/mol. The molecule has 3 rings (SSSR count). The van der Waals surface area contributed by atoms with Crippen LogP contribution in [0.15, 0.2) is 24.8 Å². The number of imidazole rings is 1. The number of anilines is 1. The Morgan fingerprint density at radius 3 is 2.48 bits per heavy atom. The van der Waals surface area contributed by atoms with E-state index in [4.69, 9.17) is 0 Å². The van der Waals surface area contributed by atoms with E-state index in [2.05, 4.69) is 19.9 Å². The van der Waals surface area contributed by atoms with Crippen LogP contribution in [-0.4, -0.2) is 64.2 Å². The second-order valence-electron chi connectivity index (χ2n) is 6.16. The van der Waals surface area contributed by atoms with Gasteiger partial charge < -0.3 is 4.90 Å². The van der Waals surface area contributed by atoms with Gasteiger partial charge in [-0.1, -0.05) is 13.3 Å². The number of aromatic nitrogens is 4. The molecule has 2 aromatic rings. The van der Waals surface area contributed by atoms with Crippen molar-refractivity contribution in [1.82, 2.24) is 23.8 Å². The SMILES string of the molecule is CCCCS(=O)(=O)N1CCN(c2cc(-n3ccnc3)nc(C)n2)CC1. The summed E-state index contributed by atoms with van der Waals surface area (Å²) in [5, 5.41) is 0. The van der Waals surface area contributed by atoms with Crippen LogP contribution in [0.2, 0.25) is 0 Å². The predicted octanol–water partition coefficient (Wildman–Crippen LogP) is 1.22. The van der Waals surface area contributed by atoms with Gasteiger partial charge in [0.2, 0.25) is 10.0 Å². The van der Waals surface area contributed by atoms with E-state index in [0.29, 0.717) is 38.4 Å². The van der Waals surface area contributed by atoms with E-state index in [0.717, 1.165) is 18.1 Å². The third-order valence-electron chi connectivity index (χ3n) is 4.29. The first-order valence-corrected chi connectivity index (χ1v) is 10.2. The standard InChI is InChI=1S/C16H24N6O2S/c1-3-4-11-25(23,24)22-9-7-20(8-10-22)15-12-16(19-14(2)18-15)21-6-5-17-13-21/h5-6,12-13H,3-4,7-11H2,1-2H3. The van der Waals surface area contributed by atoms with Crippen molar-refractivity contribution in [1.29, 1.82) is 0 Å². The number of nitrogens with zero attached hydrogens (tertiary/aromatic N) is 6. The maximum absolute atomic E-state index is 12.3. The molecule has 1 saturated heterocycles. The molecule has 136 valence electrons. The van der Waals surface area contributed by atoms with Crippen LogP contribution in [0.1, 0.15) is 25.6 Å². The van der Waals surface area contributed by atoms with Crippen LogP contribution < -0.4 is 4.90 Å². The Kier molecular flexibility index (Phi) is 5.33. The molecule has 8 nitrogen and oxygen atoms in total. The van der Waals surface area contributed by atoms with Crippen LogP contribution in [0.25, 0.3) is 5.82 Å². The number of hydrogen-bond donors (Lipinski definition) is 0. The zero-order valence-corrected chi connectivity index (χ0v) is 15.5. The van der Waals surface area contributed by atoms with Gasteiger partial charge in [-0.15, -0.1) is 0 Å². The highest BCUT2D eigenvalue weighted by atomic mass is 32.2. The highest BCUT2D eigenvalue weighted by molar-refractivity contribution is 7.89. The summed E-state index contributed by atoms with van der Waals surface area (Å²) < 4.78 is 28.1. The molecule has 0 spiro atoms. The summed E-state index contributed by atoms with van der Waals surface area (Å²) in [4.78, 5) is 15.1.